The molecule has 6 nitrogen and oxygen atoms in total. The van der Waals surface area contributed by atoms with Gasteiger partial charge in [0.1, 0.15) is 5.75 Å². The minimum Gasteiger partial charge on any atom is -0.495 e. The third kappa shape index (κ3) is 2.89. The quantitative estimate of drug-likeness (QED) is 0.922. The number of nitrogens with one attached hydrogen (secondary N) is 1. The minimum atomic E-state index is 0.871. The van der Waals surface area contributed by atoms with Crippen LogP contribution in [0.1, 0.15) is 11.3 Å². The molecule has 1 aromatic carbocycles. The first kappa shape index (κ1) is 15.2. The summed E-state index contributed by atoms with van der Waals surface area (Å²) >= 11 is 0. The smallest absolute Gasteiger partial charge is 0.225 e. The number of hydrogen-bond acceptors (Lipinski definition) is 6. The van der Waals surface area contributed by atoms with E-state index in [4.69, 9.17) is 9.72 Å². The lowest BCUT2D eigenvalue weighted by atomic mass is 10.1. The van der Waals surface area contributed by atoms with Crippen molar-refractivity contribution in [2.75, 3.05) is 49.6 Å². The van der Waals surface area contributed by atoms with Gasteiger partial charge in [-0.25, -0.2) is 9.97 Å². The first-order valence-corrected chi connectivity index (χ1v) is 8.53. The Labute approximate surface area is 142 Å². The van der Waals surface area contributed by atoms with Crippen molar-refractivity contribution in [2.24, 2.45) is 0 Å². The monoisotopic (exact) mass is 325 g/mol. The summed E-state index contributed by atoms with van der Waals surface area (Å²) in [6.45, 7) is 5.64. The lowest BCUT2D eigenvalue weighted by molar-refractivity contribution is 0.413. The Kier molecular flexibility index (Phi) is 4.21. The van der Waals surface area contributed by atoms with Crippen LogP contribution in [0.5, 0.6) is 5.75 Å². The van der Waals surface area contributed by atoms with E-state index in [0.717, 1.165) is 63.1 Å². The van der Waals surface area contributed by atoms with Gasteiger partial charge in [-0.1, -0.05) is 12.1 Å². The van der Waals surface area contributed by atoms with E-state index in [2.05, 4.69) is 32.2 Å². The number of methoxy groups -OCH3 is 1. The van der Waals surface area contributed by atoms with Gasteiger partial charge < -0.3 is 19.9 Å². The van der Waals surface area contributed by atoms with E-state index in [9.17, 15) is 0 Å². The average molecular weight is 325 g/mol. The van der Waals surface area contributed by atoms with Crippen molar-refractivity contribution >= 4 is 11.6 Å². The fourth-order valence-electron chi connectivity index (χ4n) is 3.42. The third-order valence-electron chi connectivity index (χ3n) is 4.78. The molecule has 0 radical (unpaired) electrons. The van der Waals surface area contributed by atoms with Gasteiger partial charge in [-0.15, -0.1) is 0 Å². The number of rotatable bonds is 3. The molecule has 6 heteroatoms. The summed E-state index contributed by atoms with van der Waals surface area (Å²) in [5.41, 5.74) is 3.60. The van der Waals surface area contributed by atoms with E-state index in [0.29, 0.717) is 0 Å². The molecule has 1 fully saturated rings. The molecule has 0 unspecified atom stereocenters. The largest absolute Gasteiger partial charge is 0.495 e. The van der Waals surface area contributed by atoms with Gasteiger partial charge in [-0.3, -0.25) is 0 Å². The number of ether oxygens (including phenoxy) is 1. The second kappa shape index (κ2) is 6.65. The van der Waals surface area contributed by atoms with Crippen molar-refractivity contribution in [2.45, 2.75) is 13.0 Å². The molecular formula is C18H23N5O. The summed E-state index contributed by atoms with van der Waals surface area (Å²) in [6.07, 6.45) is 2.97. The van der Waals surface area contributed by atoms with Crippen molar-refractivity contribution in [1.29, 1.82) is 0 Å². The predicted molar refractivity (Wildman–Crippen MR) is 94.9 cm³/mol. The van der Waals surface area contributed by atoms with Crippen molar-refractivity contribution in [1.82, 2.24) is 15.3 Å². The maximum absolute atomic E-state index is 5.49. The Morgan fingerprint density at radius 3 is 2.71 bits per heavy atom. The topological polar surface area (TPSA) is 53.5 Å². The van der Waals surface area contributed by atoms with Crippen LogP contribution in [-0.4, -0.2) is 49.8 Å². The molecule has 1 saturated heterocycles. The highest BCUT2D eigenvalue weighted by molar-refractivity contribution is 5.59. The number of nitrogens with zero attached hydrogens (tertiary/aromatic N) is 4. The standard InChI is InChI=1S/C18H23N5O/c1-24-17-5-3-2-4-16(17)22-8-10-23(11-9-22)18-20-13-14-12-19-7-6-15(14)21-18/h2-5,13,19H,6-12H2,1H3. The average Bonchev–Trinajstić information content (AvgIpc) is 2.67. The second-order valence-electron chi connectivity index (χ2n) is 6.21. The van der Waals surface area contributed by atoms with E-state index in [1.807, 2.05) is 18.3 Å². The van der Waals surface area contributed by atoms with Crippen LogP contribution in [0.25, 0.3) is 0 Å². The van der Waals surface area contributed by atoms with Crippen molar-refractivity contribution in [3.63, 3.8) is 0 Å². The first-order valence-electron chi connectivity index (χ1n) is 8.53. The lowest BCUT2D eigenvalue weighted by Gasteiger charge is -2.36. The summed E-state index contributed by atoms with van der Waals surface area (Å²) in [6, 6.07) is 8.21. The molecule has 0 saturated carbocycles. The lowest BCUT2D eigenvalue weighted by Crippen LogP contribution is -2.47. The molecule has 24 heavy (non-hydrogen) atoms. The zero-order chi connectivity index (χ0) is 16.4. The number of hydrogen-bond donors (Lipinski definition) is 1. The van der Waals surface area contributed by atoms with Crippen molar-refractivity contribution in [3.05, 3.63) is 41.7 Å². The Hall–Kier alpha value is -2.34. The molecule has 1 aromatic heterocycles. The summed E-state index contributed by atoms with van der Waals surface area (Å²) < 4.78 is 5.49. The molecule has 1 N–H and O–H groups in total. The van der Waals surface area contributed by atoms with Crippen LogP contribution in [0.3, 0.4) is 0 Å². The molecule has 0 aliphatic carbocycles. The van der Waals surface area contributed by atoms with Gasteiger partial charge in [0.05, 0.1) is 18.5 Å². The molecule has 2 aromatic rings. The maximum atomic E-state index is 5.49. The van der Waals surface area contributed by atoms with Crippen LogP contribution in [0.2, 0.25) is 0 Å². The van der Waals surface area contributed by atoms with Crippen LogP contribution in [0, 0.1) is 0 Å². The molecule has 0 amide bonds. The van der Waals surface area contributed by atoms with Gasteiger partial charge >= 0.3 is 0 Å². The Morgan fingerprint density at radius 2 is 1.88 bits per heavy atom. The first-order chi connectivity index (χ1) is 11.8. The zero-order valence-electron chi connectivity index (χ0n) is 14.0. The van der Waals surface area contributed by atoms with E-state index in [-0.39, 0.29) is 0 Å². The van der Waals surface area contributed by atoms with Crippen LogP contribution >= 0.6 is 0 Å². The molecule has 2 aliphatic rings. The van der Waals surface area contributed by atoms with Gasteiger partial charge in [0.15, 0.2) is 0 Å². The number of anilines is 2. The van der Waals surface area contributed by atoms with Gasteiger partial charge in [0.25, 0.3) is 0 Å². The number of fused-ring (bicyclic) bond motifs is 1. The van der Waals surface area contributed by atoms with Gasteiger partial charge in [-0.05, 0) is 12.1 Å². The van der Waals surface area contributed by atoms with E-state index in [1.165, 1.54) is 11.3 Å². The molecule has 3 heterocycles. The fourth-order valence-corrected chi connectivity index (χ4v) is 3.42. The molecule has 0 bridgehead atoms. The maximum Gasteiger partial charge on any atom is 0.225 e. The predicted octanol–water partition coefficient (Wildman–Crippen LogP) is 1.46. The Morgan fingerprint density at radius 1 is 1.08 bits per heavy atom. The molecule has 2 aliphatic heterocycles. The molecule has 0 spiro atoms. The molecule has 4 rings (SSSR count). The molecule has 0 atom stereocenters. The number of para-hydroxylation sites is 2. The van der Waals surface area contributed by atoms with E-state index >= 15 is 0 Å². The SMILES string of the molecule is COc1ccccc1N1CCN(c2ncc3c(n2)CCNC3)CC1. The highest BCUT2D eigenvalue weighted by atomic mass is 16.5. The third-order valence-corrected chi connectivity index (χ3v) is 4.78. The summed E-state index contributed by atoms with van der Waals surface area (Å²) in [5.74, 6) is 1.80. The van der Waals surface area contributed by atoms with Crippen LogP contribution in [0.4, 0.5) is 11.6 Å². The van der Waals surface area contributed by atoms with Gasteiger partial charge in [0.2, 0.25) is 5.95 Å². The summed E-state index contributed by atoms with van der Waals surface area (Å²) in [7, 11) is 1.73. The normalized spacial score (nSPS) is 17.5. The Bertz CT molecular complexity index is 712. The van der Waals surface area contributed by atoms with Crippen molar-refractivity contribution in [3.8, 4) is 5.75 Å². The highest BCUT2D eigenvalue weighted by Crippen LogP contribution is 2.28. The zero-order valence-corrected chi connectivity index (χ0v) is 14.0. The van der Waals surface area contributed by atoms with Crippen LogP contribution < -0.4 is 19.9 Å². The van der Waals surface area contributed by atoms with E-state index < -0.39 is 0 Å². The number of aromatic nitrogens is 2. The Balaban J connectivity index is 1.46. The van der Waals surface area contributed by atoms with E-state index in [1.54, 1.807) is 7.11 Å². The highest BCUT2D eigenvalue weighted by Gasteiger charge is 2.22. The number of piperazine rings is 1. The van der Waals surface area contributed by atoms with Gasteiger partial charge in [-0.2, -0.15) is 0 Å². The second-order valence-corrected chi connectivity index (χ2v) is 6.21. The van der Waals surface area contributed by atoms with Crippen LogP contribution in [-0.2, 0) is 13.0 Å². The fraction of sp³-hybridized carbons (Fsp3) is 0.444. The minimum absolute atomic E-state index is 0.871. The number of benzene rings is 1. The summed E-state index contributed by atoms with van der Waals surface area (Å²) in [5, 5.41) is 3.36. The summed E-state index contributed by atoms with van der Waals surface area (Å²) in [4.78, 5) is 14.0. The van der Waals surface area contributed by atoms with Crippen molar-refractivity contribution < 1.29 is 4.74 Å². The van der Waals surface area contributed by atoms with Crippen LogP contribution in [0.15, 0.2) is 30.5 Å². The van der Waals surface area contributed by atoms with Gasteiger partial charge in [0, 0.05) is 57.4 Å². The molecular weight excluding hydrogens is 302 g/mol. The molecule has 126 valence electrons.